The standard InChI is InChI=1S/C19H18FN3OS/c20-15-6-4-14(5-7-15)18(11-16-3-1-2-9-21-16)19(24)22-10-8-17-12-25-13-23-17/h1-7,9,12-13,18H,8,10-11H2,(H,22,24). The van der Waals surface area contributed by atoms with Gasteiger partial charge in [0.25, 0.3) is 0 Å². The third-order valence-electron chi connectivity index (χ3n) is 3.89. The first-order chi connectivity index (χ1) is 12.2. The fourth-order valence-electron chi connectivity index (χ4n) is 2.58. The fourth-order valence-corrected chi connectivity index (χ4v) is 3.18. The molecule has 0 fully saturated rings. The van der Waals surface area contributed by atoms with Crippen molar-refractivity contribution in [1.29, 1.82) is 0 Å². The average Bonchev–Trinajstić information content (AvgIpc) is 3.15. The van der Waals surface area contributed by atoms with Crippen LogP contribution in [0.15, 0.2) is 59.6 Å². The highest BCUT2D eigenvalue weighted by Crippen LogP contribution is 2.21. The first kappa shape index (κ1) is 17.2. The number of thiazole rings is 1. The number of nitrogens with one attached hydrogen (secondary N) is 1. The van der Waals surface area contributed by atoms with Crippen LogP contribution in [0.25, 0.3) is 0 Å². The van der Waals surface area contributed by atoms with Gasteiger partial charge in [-0.2, -0.15) is 0 Å². The van der Waals surface area contributed by atoms with E-state index in [-0.39, 0.29) is 11.7 Å². The van der Waals surface area contributed by atoms with Crippen LogP contribution in [-0.4, -0.2) is 22.4 Å². The topological polar surface area (TPSA) is 54.9 Å². The van der Waals surface area contributed by atoms with Crippen molar-refractivity contribution in [3.63, 3.8) is 0 Å². The summed E-state index contributed by atoms with van der Waals surface area (Å²) in [4.78, 5) is 21.2. The molecule has 1 atom stereocenters. The maximum Gasteiger partial charge on any atom is 0.227 e. The van der Waals surface area contributed by atoms with Crippen LogP contribution in [0.4, 0.5) is 4.39 Å². The molecule has 4 nitrogen and oxygen atoms in total. The predicted octanol–water partition coefficient (Wildman–Crippen LogP) is 3.36. The van der Waals surface area contributed by atoms with Crippen LogP contribution in [-0.2, 0) is 17.6 Å². The minimum absolute atomic E-state index is 0.0903. The number of carbonyl (C=O) groups is 1. The Bertz CT molecular complexity index is 791. The Morgan fingerprint density at radius 1 is 1.12 bits per heavy atom. The van der Waals surface area contributed by atoms with Crippen LogP contribution in [0.1, 0.15) is 22.9 Å². The summed E-state index contributed by atoms with van der Waals surface area (Å²) in [6.45, 7) is 0.516. The van der Waals surface area contributed by atoms with E-state index in [1.807, 2.05) is 23.6 Å². The minimum atomic E-state index is -0.411. The molecule has 0 aliphatic carbocycles. The van der Waals surface area contributed by atoms with Gasteiger partial charge in [-0.3, -0.25) is 9.78 Å². The summed E-state index contributed by atoms with van der Waals surface area (Å²) < 4.78 is 13.2. The van der Waals surface area contributed by atoms with Gasteiger partial charge < -0.3 is 5.32 Å². The van der Waals surface area contributed by atoms with E-state index in [4.69, 9.17) is 0 Å². The van der Waals surface area contributed by atoms with Crippen LogP contribution in [0.3, 0.4) is 0 Å². The van der Waals surface area contributed by atoms with E-state index >= 15 is 0 Å². The van der Waals surface area contributed by atoms with Crippen molar-refractivity contribution in [3.05, 3.63) is 82.3 Å². The number of pyridine rings is 1. The largest absolute Gasteiger partial charge is 0.355 e. The quantitative estimate of drug-likeness (QED) is 0.707. The lowest BCUT2D eigenvalue weighted by Crippen LogP contribution is -2.32. The van der Waals surface area contributed by atoms with Crippen molar-refractivity contribution in [3.8, 4) is 0 Å². The minimum Gasteiger partial charge on any atom is -0.355 e. The second kappa shape index (κ2) is 8.48. The average molecular weight is 355 g/mol. The van der Waals surface area contributed by atoms with E-state index in [0.29, 0.717) is 19.4 Å². The fraction of sp³-hybridized carbons (Fsp3) is 0.211. The summed E-state index contributed by atoms with van der Waals surface area (Å²) in [6.07, 6.45) is 2.86. The molecule has 0 saturated carbocycles. The van der Waals surface area contributed by atoms with E-state index in [0.717, 1.165) is 17.0 Å². The highest BCUT2D eigenvalue weighted by atomic mass is 32.1. The van der Waals surface area contributed by atoms with Crippen LogP contribution < -0.4 is 5.32 Å². The molecule has 0 saturated heterocycles. The lowest BCUT2D eigenvalue weighted by molar-refractivity contribution is -0.122. The number of amides is 1. The Labute approximate surface area is 149 Å². The van der Waals surface area contributed by atoms with Gasteiger partial charge in [-0.15, -0.1) is 11.3 Å². The van der Waals surface area contributed by atoms with E-state index in [2.05, 4.69) is 15.3 Å². The second-order valence-corrected chi connectivity index (χ2v) is 6.37. The Balaban J connectivity index is 1.70. The zero-order valence-electron chi connectivity index (χ0n) is 13.6. The predicted molar refractivity (Wildman–Crippen MR) is 95.9 cm³/mol. The van der Waals surface area contributed by atoms with Gasteiger partial charge in [-0.25, -0.2) is 9.37 Å². The molecule has 0 aliphatic heterocycles. The van der Waals surface area contributed by atoms with Gasteiger partial charge in [-0.05, 0) is 29.8 Å². The number of hydrogen-bond donors (Lipinski definition) is 1. The summed E-state index contributed by atoms with van der Waals surface area (Å²) >= 11 is 1.54. The van der Waals surface area contributed by atoms with Crippen LogP contribution in [0, 0.1) is 5.82 Å². The molecule has 0 spiro atoms. The summed E-state index contributed by atoms with van der Waals surface area (Å²) in [5.74, 6) is -0.817. The first-order valence-electron chi connectivity index (χ1n) is 8.02. The maximum atomic E-state index is 13.2. The molecule has 128 valence electrons. The molecule has 0 aliphatic rings. The molecule has 0 bridgehead atoms. The summed E-state index contributed by atoms with van der Waals surface area (Å²) in [7, 11) is 0. The molecule has 3 rings (SSSR count). The van der Waals surface area contributed by atoms with Crippen molar-refractivity contribution in [2.24, 2.45) is 0 Å². The van der Waals surface area contributed by atoms with Gasteiger partial charge in [0, 0.05) is 36.7 Å². The Morgan fingerprint density at radius 2 is 1.96 bits per heavy atom. The molecule has 1 unspecified atom stereocenters. The SMILES string of the molecule is O=C(NCCc1cscn1)C(Cc1ccccn1)c1ccc(F)cc1. The summed E-state index contributed by atoms with van der Waals surface area (Å²) in [6, 6.07) is 11.7. The van der Waals surface area contributed by atoms with Gasteiger partial charge in [0.2, 0.25) is 5.91 Å². The monoisotopic (exact) mass is 355 g/mol. The van der Waals surface area contributed by atoms with Gasteiger partial charge in [0.1, 0.15) is 5.82 Å². The molecule has 25 heavy (non-hydrogen) atoms. The molecule has 3 aromatic rings. The number of carbonyl (C=O) groups excluding carboxylic acids is 1. The van der Waals surface area contributed by atoms with E-state index in [1.165, 1.54) is 23.5 Å². The molecule has 2 heterocycles. The van der Waals surface area contributed by atoms with Gasteiger partial charge in [-0.1, -0.05) is 18.2 Å². The van der Waals surface area contributed by atoms with E-state index in [1.54, 1.807) is 23.8 Å². The van der Waals surface area contributed by atoms with Crippen molar-refractivity contribution < 1.29 is 9.18 Å². The van der Waals surface area contributed by atoms with Crippen LogP contribution >= 0.6 is 11.3 Å². The van der Waals surface area contributed by atoms with E-state index in [9.17, 15) is 9.18 Å². The number of halogens is 1. The zero-order valence-corrected chi connectivity index (χ0v) is 14.4. The molecule has 1 amide bonds. The number of benzene rings is 1. The van der Waals surface area contributed by atoms with Crippen molar-refractivity contribution in [2.75, 3.05) is 6.54 Å². The molecule has 1 N–H and O–H groups in total. The first-order valence-corrected chi connectivity index (χ1v) is 8.97. The summed E-state index contributed by atoms with van der Waals surface area (Å²) in [5.41, 5.74) is 4.34. The van der Waals surface area contributed by atoms with Crippen molar-refractivity contribution in [1.82, 2.24) is 15.3 Å². The highest BCUT2D eigenvalue weighted by Gasteiger charge is 2.21. The smallest absolute Gasteiger partial charge is 0.227 e. The Hall–Kier alpha value is -2.60. The highest BCUT2D eigenvalue weighted by molar-refractivity contribution is 7.07. The van der Waals surface area contributed by atoms with Gasteiger partial charge in [0.05, 0.1) is 17.1 Å². The molecule has 6 heteroatoms. The lowest BCUT2D eigenvalue weighted by atomic mass is 9.93. The molecule has 1 aromatic carbocycles. The number of hydrogen-bond acceptors (Lipinski definition) is 4. The molecular formula is C19H18FN3OS. The maximum absolute atomic E-state index is 13.2. The van der Waals surface area contributed by atoms with Gasteiger partial charge >= 0.3 is 0 Å². The van der Waals surface area contributed by atoms with E-state index < -0.39 is 5.92 Å². The second-order valence-electron chi connectivity index (χ2n) is 5.65. The van der Waals surface area contributed by atoms with Crippen molar-refractivity contribution in [2.45, 2.75) is 18.8 Å². The molecule has 2 aromatic heterocycles. The molecule has 0 radical (unpaired) electrons. The lowest BCUT2D eigenvalue weighted by Gasteiger charge is -2.17. The zero-order chi connectivity index (χ0) is 17.5. The summed E-state index contributed by atoms with van der Waals surface area (Å²) in [5, 5.41) is 4.93. The van der Waals surface area contributed by atoms with Crippen molar-refractivity contribution >= 4 is 17.2 Å². The third-order valence-corrected chi connectivity index (χ3v) is 4.53. The number of nitrogens with zero attached hydrogens (tertiary/aromatic N) is 2. The van der Waals surface area contributed by atoms with Gasteiger partial charge in [0.15, 0.2) is 0 Å². The van der Waals surface area contributed by atoms with Crippen LogP contribution in [0.2, 0.25) is 0 Å². The Kier molecular flexibility index (Phi) is 5.85. The Morgan fingerprint density at radius 3 is 2.64 bits per heavy atom. The number of aromatic nitrogens is 2. The normalized spacial score (nSPS) is 11.9. The van der Waals surface area contributed by atoms with Crippen LogP contribution in [0.5, 0.6) is 0 Å². The molecular weight excluding hydrogens is 337 g/mol. The third kappa shape index (κ3) is 4.93. The number of rotatable bonds is 7.